The van der Waals surface area contributed by atoms with Crippen LogP contribution in [0.4, 0.5) is 4.79 Å². The molecule has 4 rings (SSSR count). The number of carboxylic acid groups (broad SMARTS) is 1. The maximum atomic E-state index is 12.4. The van der Waals surface area contributed by atoms with Crippen molar-refractivity contribution in [3.63, 3.8) is 0 Å². The van der Waals surface area contributed by atoms with Gasteiger partial charge in [0.15, 0.2) is 0 Å². The topological polar surface area (TPSA) is 127 Å². The second kappa shape index (κ2) is 11.1. The minimum absolute atomic E-state index is 0.0231. The van der Waals surface area contributed by atoms with Gasteiger partial charge in [-0.1, -0.05) is 48.5 Å². The summed E-state index contributed by atoms with van der Waals surface area (Å²) in [5.41, 5.74) is 4.86. The number of carboxylic acids is 1. The molecular formula is C25H25N3O6S. The summed E-state index contributed by atoms with van der Waals surface area (Å²) in [7, 11) is 0. The van der Waals surface area contributed by atoms with Crippen molar-refractivity contribution in [1.29, 1.82) is 0 Å². The normalized spacial score (nSPS) is 12.0. The number of nitrogens with zero attached hydrogens (tertiary/aromatic N) is 1. The third-order valence-corrected chi connectivity index (χ3v) is 6.51. The predicted octanol–water partition coefficient (Wildman–Crippen LogP) is 3.32. The summed E-state index contributed by atoms with van der Waals surface area (Å²) in [6.07, 6.45) is -0.554. The zero-order valence-electron chi connectivity index (χ0n) is 19.1. The zero-order chi connectivity index (χ0) is 24.8. The number of hydrogen-bond donors (Lipinski definition) is 3. The molecule has 0 radical (unpaired) electrons. The Balaban J connectivity index is 1.27. The van der Waals surface area contributed by atoms with Gasteiger partial charge in [-0.05, 0) is 29.2 Å². The molecule has 1 aliphatic carbocycles. The van der Waals surface area contributed by atoms with Gasteiger partial charge in [0.25, 0.3) is 5.91 Å². The first-order valence-electron chi connectivity index (χ1n) is 11.1. The van der Waals surface area contributed by atoms with Gasteiger partial charge in [-0.3, -0.25) is 4.79 Å². The van der Waals surface area contributed by atoms with Crippen LogP contribution in [0.5, 0.6) is 0 Å². The molecule has 1 heterocycles. The molecule has 2 aromatic carbocycles. The highest BCUT2D eigenvalue weighted by Crippen LogP contribution is 2.44. The molecule has 9 nitrogen and oxygen atoms in total. The van der Waals surface area contributed by atoms with Crippen molar-refractivity contribution >= 4 is 29.3 Å². The van der Waals surface area contributed by atoms with Crippen LogP contribution in [0.2, 0.25) is 0 Å². The van der Waals surface area contributed by atoms with Gasteiger partial charge in [0, 0.05) is 17.3 Å². The van der Waals surface area contributed by atoms with Gasteiger partial charge < -0.3 is 25.2 Å². The Morgan fingerprint density at radius 3 is 2.34 bits per heavy atom. The molecular weight excluding hydrogens is 470 g/mol. The van der Waals surface area contributed by atoms with E-state index in [1.54, 1.807) is 6.92 Å². The van der Waals surface area contributed by atoms with E-state index in [0.29, 0.717) is 9.88 Å². The lowest BCUT2D eigenvalue weighted by Crippen LogP contribution is -2.29. The smallest absolute Gasteiger partial charge is 0.407 e. The van der Waals surface area contributed by atoms with Crippen LogP contribution in [-0.4, -0.2) is 54.4 Å². The molecule has 0 aliphatic heterocycles. The lowest BCUT2D eigenvalue weighted by atomic mass is 9.98. The fraction of sp³-hybridized carbons (Fsp3) is 0.280. The van der Waals surface area contributed by atoms with Gasteiger partial charge in [-0.15, -0.1) is 11.3 Å². The molecule has 1 aromatic heterocycles. The highest BCUT2D eigenvalue weighted by molar-refractivity contribution is 7.11. The number of rotatable bonds is 10. The van der Waals surface area contributed by atoms with E-state index in [1.165, 1.54) is 11.3 Å². The molecule has 0 bridgehead atoms. The van der Waals surface area contributed by atoms with Crippen molar-refractivity contribution in [1.82, 2.24) is 15.6 Å². The first kappa shape index (κ1) is 24.4. The van der Waals surface area contributed by atoms with Crippen LogP contribution in [-0.2, 0) is 20.8 Å². The number of amides is 2. The summed E-state index contributed by atoms with van der Waals surface area (Å²) in [5.74, 6) is -1.48. The highest BCUT2D eigenvalue weighted by atomic mass is 32.1. The monoisotopic (exact) mass is 495 g/mol. The Morgan fingerprint density at radius 2 is 1.69 bits per heavy atom. The van der Waals surface area contributed by atoms with E-state index in [-0.39, 0.29) is 43.8 Å². The van der Waals surface area contributed by atoms with Crippen molar-refractivity contribution in [3.8, 4) is 11.1 Å². The summed E-state index contributed by atoms with van der Waals surface area (Å²) < 4.78 is 10.4. The van der Waals surface area contributed by atoms with Crippen molar-refractivity contribution in [2.24, 2.45) is 0 Å². The Hall–Kier alpha value is -3.76. The minimum Gasteiger partial charge on any atom is -0.480 e. The Morgan fingerprint density at radius 1 is 1.03 bits per heavy atom. The number of hydrogen-bond acceptors (Lipinski definition) is 7. The van der Waals surface area contributed by atoms with Crippen molar-refractivity contribution < 1.29 is 29.0 Å². The highest BCUT2D eigenvalue weighted by Gasteiger charge is 2.29. The molecule has 0 fully saturated rings. The number of alkyl carbamates (subject to hydrolysis) is 1. The summed E-state index contributed by atoms with van der Waals surface area (Å²) in [5, 5.41) is 14.4. The number of aliphatic carboxylic acids is 1. The number of aromatic nitrogens is 1. The van der Waals surface area contributed by atoms with Crippen LogP contribution in [0, 0.1) is 6.92 Å². The predicted molar refractivity (Wildman–Crippen MR) is 130 cm³/mol. The number of fused-ring (bicyclic) bond motifs is 3. The second-order valence-electron chi connectivity index (χ2n) is 7.89. The van der Waals surface area contributed by atoms with Crippen LogP contribution in [0.15, 0.2) is 48.5 Å². The zero-order valence-corrected chi connectivity index (χ0v) is 19.9. The number of thiazole rings is 1. The summed E-state index contributed by atoms with van der Waals surface area (Å²) in [4.78, 5) is 40.1. The van der Waals surface area contributed by atoms with Crippen molar-refractivity contribution in [2.45, 2.75) is 19.4 Å². The standard InChI is InChI=1S/C25H25N3O6S/c1-15-23(24(31)26-10-11-33-14-22(29)30)28-21(35-15)12-27-25(32)34-13-20-18-8-4-2-6-16(18)17-7-3-5-9-19(17)20/h2-9,20H,10-14H2,1H3,(H,26,31)(H,27,32)(H,29,30). The van der Waals surface area contributed by atoms with E-state index >= 15 is 0 Å². The SMILES string of the molecule is Cc1sc(CNC(=O)OCC2c3ccccc3-c3ccccc32)nc1C(=O)NCCOCC(=O)O. The van der Waals surface area contributed by atoms with E-state index in [1.807, 2.05) is 24.3 Å². The first-order chi connectivity index (χ1) is 16.9. The molecule has 35 heavy (non-hydrogen) atoms. The van der Waals surface area contributed by atoms with Crippen molar-refractivity contribution in [3.05, 3.63) is 75.2 Å². The molecule has 2 amide bonds. The molecule has 3 aromatic rings. The van der Waals surface area contributed by atoms with Crippen molar-refractivity contribution in [2.75, 3.05) is 26.4 Å². The summed E-state index contributed by atoms with van der Waals surface area (Å²) >= 11 is 1.31. The van der Waals surface area contributed by atoms with Gasteiger partial charge in [0.1, 0.15) is 23.9 Å². The van der Waals surface area contributed by atoms with Crippen LogP contribution in [0.1, 0.15) is 37.4 Å². The molecule has 182 valence electrons. The van der Waals surface area contributed by atoms with E-state index < -0.39 is 18.7 Å². The first-order valence-corrected chi connectivity index (χ1v) is 11.9. The largest absolute Gasteiger partial charge is 0.480 e. The third kappa shape index (κ3) is 5.84. The van der Waals surface area contributed by atoms with Crippen LogP contribution < -0.4 is 10.6 Å². The quantitative estimate of drug-likeness (QED) is 0.368. The number of benzene rings is 2. The molecule has 0 saturated heterocycles. The van der Waals surface area contributed by atoms with Gasteiger partial charge >= 0.3 is 12.1 Å². The molecule has 0 atom stereocenters. The van der Waals surface area contributed by atoms with Crippen LogP contribution >= 0.6 is 11.3 Å². The molecule has 10 heteroatoms. The number of aryl methyl sites for hydroxylation is 1. The second-order valence-corrected chi connectivity index (χ2v) is 9.18. The average Bonchev–Trinajstić information content (AvgIpc) is 3.38. The number of carbonyl (C=O) groups is 3. The van der Waals surface area contributed by atoms with Crippen LogP contribution in [0.3, 0.4) is 0 Å². The Kier molecular flexibility index (Phi) is 7.74. The minimum atomic E-state index is -1.07. The molecule has 1 aliphatic rings. The summed E-state index contributed by atoms with van der Waals surface area (Å²) in [6.45, 7) is 1.95. The molecule has 0 spiro atoms. The fourth-order valence-electron chi connectivity index (χ4n) is 4.01. The lowest BCUT2D eigenvalue weighted by molar-refractivity contribution is -0.142. The third-order valence-electron chi connectivity index (χ3n) is 5.54. The molecule has 0 saturated carbocycles. The maximum absolute atomic E-state index is 12.4. The maximum Gasteiger partial charge on any atom is 0.407 e. The van der Waals surface area contributed by atoms with E-state index in [9.17, 15) is 14.4 Å². The van der Waals surface area contributed by atoms with E-state index in [2.05, 4.69) is 39.9 Å². The molecule has 0 unspecified atom stereocenters. The Bertz CT molecular complexity index is 1200. The van der Waals surface area contributed by atoms with E-state index in [0.717, 1.165) is 22.3 Å². The molecule has 3 N–H and O–H groups in total. The lowest BCUT2D eigenvalue weighted by Gasteiger charge is -2.14. The van der Waals surface area contributed by atoms with E-state index in [4.69, 9.17) is 14.6 Å². The fourth-order valence-corrected chi connectivity index (χ4v) is 4.88. The average molecular weight is 496 g/mol. The van der Waals surface area contributed by atoms with Gasteiger partial charge in [-0.2, -0.15) is 0 Å². The Labute approximate surface area is 206 Å². The van der Waals surface area contributed by atoms with Crippen LogP contribution in [0.25, 0.3) is 11.1 Å². The summed E-state index contributed by atoms with van der Waals surface area (Å²) in [6, 6.07) is 16.3. The van der Waals surface area contributed by atoms with Gasteiger partial charge in [0.05, 0.1) is 13.2 Å². The van der Waals surface area contributed by atoms with Gasteiger partial charge in [0.2, 0.25) is 0 Å². The number of ether oxygens (including phenoxy) is 2. The number of nitrogens with one attached hydrogen (secondary N) is 2. The number of carbonyl (C=O) groups excluding carboxylic acids is 2. The van der Waals surface area contributed by atoms with Gasteiger partial charge in [-0.25, -0.2) is 14.6 Å².